The molecule has 2 heterocycles. The molecule has 0 N–H and O–H groups in total. The van der Waals surface area contributed by atoms with Gasteiger partial charge in [0.25, 0.3) is 0 Å². The predicted molar refractivity (Wildman–Crippen MR) is 60.7 cm³/mol. The van der Waals surface area contributed by atoms with Crippen LogP contribution in [0.15, 0.2) is 29.0 Å². The number of nitrogens with zero attached hydrogens (tertiary/aromatic N) is 3. The lowest BCUT2D eigenvalue weighted by Gasteiger charge is -2.14. The highest BCUT2D eigenvalue weighted by Crippen LogP contribution is 2.22. The minimum atomic E-state index is 0.200. The third-order valence-electron chi connectivity index (χ3n) is 2.06. The first-order valence-corrected chi connectivity index (χ1v) is 5.28. The quantitative estimate of drug-likeness (QED) is 0.776. The summed E-state index contributed by atoms with van der Waals surface area (Å²) in [4.78, 5) is 8.23. The predicted octanol–water partition coefficient (Wildman–Crippen LogP) is 2.72. The van der Waals surface area contributed by atoms with Gasteiger partial charge in [-0.3, -0.25) is 0 Å². The number of hydrogen-bond acceptors (Lipinski definition) is 4. The van der Waals surface area contributed by atoms with Gasteiger partial charge in [-0.15, -0.1) is 0 Å². The number of hydrogen-bond donors (Lipinski definition) is 0. The van der Waals surface area contributed by atoms with Gasteiger partial charge in [-0.1, -0.05) is 25.9 Å². The van der Waals surface area contributed by atoms with E-state index in [1.165, 1.54) is 0 Å². The summed E-state index contributed by atoms with van der Waals surface area (Å²) < 4.78 is 5.22. The molecule has 2 aromatic heterocycles. The Morgan fingerprint density at radius 3 is 2.50 bits per heavy atom. The van der Waals surface area contributed by atoms with Crippen LogP contribution in [0.4, 0.5) is 0 Å². The maximum absolute atomic E-state index is 5.22. The molecule has 4 nitrogen and oxygen atoms in total. The molecule has 0 unspecified atom stereocenters. The third-order valence-corrected chi connectivity index (χ3v) is 2.06. The van der Waals surface area contributed by atoms with E-state index < -0.39 is 0 Å². The molecular weight excluding hydrogens is 202 g/mol. The van der Waals surface area contributed by atoms with Crippen LogP contribution < -0.4 is 0 Å². The largest absolute Gasteiger partial charge is 0.353 e. The van der Waals surface area contributed by atoms with E-state index in [1.807, 2.05) is 6.07 Å². The van der Waals surface area contributed by atoms with Crippen molar-refractivity contribution in [1.29, 1.82) is 0 Å². The van der Waals surface area contributed by atoms with Gasteiger partial charge in [-0.2, -0.15) is 0 Å². The first kappa shape index (κ1) is 10.8. The van der Waals surface area contributed by atoms with Gasteiger partial charge in [0, 0.05) is 18.5 Å². The summed E-state index contributed by atoms with van der Waals surface area (Å²) in [5.41, 5.74) is 1.14. The second-order valence-corrected chi connectivity index (χ2v) is 4.99. The highest BCUT2D eigenvalue weighted by atomic mass is 16.5. The van der Waals surface area contributed by atoms with Crippen LogP contribution in [0, 0.1) is 5.41 Å². The standard InChI is InChI=1S/C12H15N3O/c1-12(2,3)8-9-7-10(16-15-9)11-13-5-4-6-14-11/h4-7H,8H2,1-3H3. The number of rotatable bonds is 2. The third kappa shape index (κ3) is 2.66. The van der Waals surface area contributed by atoms with Crippen molar-refractivity contribution in [2.24, 2.45) is 5.41 Å². The lowest BCUT2D eigenvalue weighted by Crippen LogP contribution is -2.09. The van der Waals surface area contributed by atoms with Crippen LogP contribution in [-0.2, 0) is 6.42 Å². The van der Waals surface area contributed by atoms with Gasteiger partial charge < -0.3 is 4.52 Å². The van der Waals surface area contributed by atoms with Crippen LogP contribution >= 0.6 is 0 Å². The Labute approximate surface area is 94.7 Å². The first-order valence-electron chi connectivity index (χ1n) is 5.28. The fourth-order valence-electron chi connectivity index (χ4n) is 1.47. The van der Waals surface area contributed by atoms with Crippen molar-refractivity contribution in [2.45, 2.75) is 27.2 Å². The van der Waals surface area contributed by atoms with Gasteiger partial charge in [-0.05, 0) is 17.9 Å². The molecule has 0 bridgehead atoms. The molecule has 0 radical (unpaired) electrons. The molecule has 0 saturated heterocycles. The molecule has 84 valence electrons. The molecule has 0 saturated carbocycles. The summed E-state index contributed by atoms with van der Waals surface area (Å²) in [6.45, 7) is 6.50. The number of aromatic nitrogens is 3. The fraction of sp³-hybridized carbons (Fsp3) is 0.417. The van der Waals surface area contributed by atoms with Gasteiger partial charge in [0.15, 0.2) is 5.82 Å². The van der Waals surface area contributed by atoms with E-state index in [9.17, 15) is 0 Å². The molecule has 2 aromatic rings. The Kier molecular flexibility index (Phi) is 2.73. The highest BCUT2D eigenvalue weighted by molar-refractivity contribution is 5.45. The van der Waals surface area contributed by atoms with Crippen LogP contribution in [0.25, 0.3) is 11.6 Å². The van der Waals surface area contributed by atoms with Crippen molar-refractivity contribution >= 4 is 0 Å². The van der Waals surface area contributed by atoms with Crippen LogP contribution in [0.2, 0.25) is 0 Å². The van der Waals surface area contributed by atoms with Gasteiger partial charge in [0.2, 0.25) is 5.76 Å². The SMILES string of the molecule is CC(C)(C)Cc1cc(-c2ncccn2)on1. The lowest BCUT2D eigenvalue weighted by molar-refractivity contribution is 0.375. The van der Waals surface area contributed by atoms with Crippen LogP contribution in [0.3, 0.4) is 0 Å². The molecule has 0 aliphatic rings. The van der Waals surface area contributed by atoms with Crippen LogP contribution in [-0.4, -0.2) is 15.1 Å². The van der Waals surface area contributed by atoms with Crippen LogP contribution in [0.5, 0.6) is 0 Å². The smallest absolute Gasteiger partial charge is 0.204 e. The maximum atomic E-state index is 5.22. The zero-order valence-electron chi connectivity index (χ0n) is 9.77. The minimum Gasteiger partial charge on any atom is -0.353 e. The molecule has 2 rings (SSSR count). The van der Waals surface area contributed by atoms with E-state index in [0.717, 1.165) is 12.1 Å². The summed E-state index contributed by atoms with van der Waals surface area (Å²) in [5, 5.41) is 4.02. The summed E-state index contributed by atoms with van der Waals surface area (Å²) >= 11 is 0. The summed E-state index contributed by atoms with van der Waals surface area (Å²) in [6, 6.07) is 3.68. The fourth-order valence-corrected chi connectivity index (χ4v) is 1.47. The Morgan fingerprint density at radius 1 is 1.19 bits per heavy atom. The van der Waals surface area contributed by atoms with Crippen molar-refractivity contribution in [3.63, 3.8) is 0 Å². The second-order valence-electron chi connectivity index (χ2n) is 4.99. The molecule has 0 atom stereocenters. The Hall–Kier alpha value is -1.71. The molecule has 0 fully saturated rings. The summed E-state index contributed by atoms with van der Waals surface area (Å²) in [6.07, 6.45) is 4.26. The molecule has 0 aliphatic heterocycles. The van der Waals surface area contributed by atoms with Gasteiger partial charge in [-0.25, -0.2) is 9.97 Å². The molecule has 0 spiro atoms. The van der Waals surface area contributed by atoms with Crippen LogP contribution in [0.1, 0.15) is 26.5 Å². The zero-order valence-corrected chi connectivity index (χ0v) is 9.77. The van der Waals surface area contributed by atoms with Crippen molar-refractivity contribution in [3.05, 3.63) is 30.2 Å². The second kappa shape index (κ2) is 4.04. The minimum absolute atomic E-state index is 0.200. The Bertz CT molecular complexity index is 457. The van der Waals surface area contributed by atoms with E-state index in [2.05, 4.69) is 35.9 Å². The topological polar surface area (TPSA) is 51.8 Å². The molecular formula is C12H15N3O. The first-order chi connectivity index (χ1) is 7.54. The molecule has 4 heteroatoms. The monoisotopic (exact) mass is 217 g/mol. The summed E-state index contributed by atoms with van der Waals surface area (Å²) in [5.74, 6) is 1.20. The Morgan fingerprint density at radius 2 is 1.88 bits per heavy atom. The van der Waals surface area contributed by atoms with E-state index in [0.29, 0.717) is 11.6 Å². The van der Waals surface area contributed by atoms with E-state index in [4.69, 9.17) is 4.52 Å². The van der Waals surface area contributed by atoms with Crippen molar-refractivity contribution in [3.8, 4) is 11.6 Å². The molecule has 0 aliphatic carbocycles. The lowest BCUT2D eigenvalue weighted by atomic mass is 9.90. The van der Waals surface area contributed by atoms with Crippen molar-refractivity contribution in [2.75, 3.05) is 0 Å². The van der Waals surface area contributed by atoms with E-state index >= 15 is 0 Å². The normalized spacial score (nSPS) is 11.7. The maximum Gasteiger partial charge on any atom is 0.204 e. The highest BCUT2D eigenvalue weighted by Gasteiger charge is 2.16. The van der Waals surface area contributed by atoms with Crippen molar-refractivity contribution in [1.82, 2.24) is 15.1 Å². The average molecular weight is 217 g/mol. The average Bonchev–Trinajstić information content (AvgIpc) is 2.65. The van der Waals surface area contributed by atoms with E-state index in [1.54, 1.807) is 18.5 Å². The van der Waals surface area contributed by atoms with E-state index in [-0.39, 0.29) is 5.41 Å². The summed E-state index contributed by atoms with van der Waals surface area (Å²) in [7, 11) is 0. The zero-order chi connectivity index (χ0) is 11.6. The Balaban J connectivity index is 2.21. The van der Waals surface area contributed by atoms with Gasteiger partial charge in [0.05, 0.1) is 5.69 Å². The molecule has 16 heavy (non-hydrogen) atoms. The van der Waals surface area contributed by atoms with Crippen molar-refractivity contribution < 1.29 is 4.52 Å². The van der Waals surface area contributed by atoms with Gasteiger partial charge in [0.1, 0.15) is 0 Å². The molecule has 0 aromatic carbocycles. The molecule has 0 amide bonds. The van der Waals surface area contributed by atoms with Gasteiger partial charge >= 0.3 is 0 Å².